The van der Waals surface area contributed by atoms with Crippen LogP contribution in [0, 0.1) is 5.82 Å². The van der Waals surface area contributed by atoms with E-state index in [0.29, 0.717) is 6.07 Å². The summed E-state index contributed by atoms with van der Waals surface area (Å²) in [7, 11) is -9.42. The van der Waals surface area contributed by atoms with Gasteiger partial charge in [-0.1, -0.05) is 12.1 Å². The number of anilines is 1. The van der Waals surface area contributed by atoms with E-state index < -0.39 is 41.5 Å². The lowest BCUT2D eigenvalue weighted by molar-refractivity contribution is 0.552. The highest BCUT2D eigenvalue weighted by atomic mass is 32.3. The maximum atomic E-state index is 13.1. The molecule has 1 aromatic carbocycles. The molecule has 0 saturated heterocycles. The van der Waals surface area contributed by atoms with Crippen molar-refractivity contribution in [2.75, 3.05) is 4.72 Å². The van der Waals surface area contributed by atoms with Crippen LogP contribution in [0.2, 0.25) is 0 Å². The van der Waals surface area contributed by atoms with Gasteiger partial charge in [0, 0.05) is 6.20 Å². The first-order valence-electron chi connectivity index (χ1n) is 5.37. The molecule has 112 valence electrons. The Bertz CT molecular complexity index is 883. The zero-order valence-corrected chi connectivity index (χ0v) is 11.8. The molecule has 0 aliphatic heterocycles. The number of nitrogens with zero attached hydrogens (tertiary/aromatic N) is 1. The van der Waals surface area contributed by atoms with Crippen LogP contribution >= 0.6 is 0 Å². The summed E-state index contributed by atoms with van der Waals surface area (Å²) in [6.07, 6.45) is 1.68. The molecule has 0 unspecified atom stereocenters. The highest BCUT2D eigenvalue weighted by Crippen LogP contribution is 2.25. The molecule has 0 spiro atoms. The molecule has 0 atom stereocenters. The van der Waals surface area contributed by atoms with Crippen molar-refractivity contribution in [2.24, 2.45) is 0 Å². The van der Waals surface area contributed by atoms with E-state index in [1.807, 2.05) is 4.72 Å². The van der Waals surface area contributed by atoms with Crippen LogP contribution in [0.5, 0.6) is 0 Å². The van der Waals surface area contributed by atoms with E-state index in [9.17, 15) is 25.1 Å². The molecule has 0 saturated carbocycles. The summed E-state index contributed by atoms with van der Waals surface area (Å²) in [5, 5.41) is 0. The van der Waals surface area contributed by atoms with Gasteiger partial charge in [0.25, 0.3) is 10.0 Å². The molecule has 0 bridgehead atoms. The van der Waals surface area contributed by atoms with Gasteiger partial charge in [-0.25, -0.2) is 12.8 Å². The summed E-state index contributed by atoms with van der Waals surface area (Å²) in [4.78, 5) is 2.02. The van der Waals surface area contributed by atoms with E-state index in [1.165, 1.54) is 12.1 Å². The molecule has 21 heavy (non-hydrogen) atoms. The fourth-order valence-corrected chi connectivity index (χ4v) is 3.25. The molecular weight excluding hydrogens is 326 g/mol. The highest BCUT2D eigenvalue weighted by Gasteiger charge is 2.22. The first-order valence-corrected chi connectivity index (χ1v) is 8.24. The van der Waals surface area contributed by atoms with Gasteiger partial charge in [-0.15, -0.1) is 3.89 Å². The predicted octanol–water partition coefficient (Wildman–Crippen LogP) is 1.68. The molecule has 10 heteroatoms. The topological polar surface area (TPSA) is 93.2 Å². The number of hydrogen-bond donors (Lipinski definition) is 1. The summed E-state index contributed by atoms with van der Waals surface area (Å²) in [6, 6.07) is 5.21. The van der Waals surface area contributed by atoms with Gasteiger partial charge in [-0.3, -0.25) is 9.71 Å². The molecular formula is C11H8F2N2O4S2. The van der Waals surface area contributed by atoms with E-state index in [0.717, 1.165) is 24.5 Å². The number of halogens is 2. The molecule has 0 radical (unpaired) electrons. The van der Waals surface area contributed by atoms with Crippen LogP contribution in [-0.4, -0.2) is 21.8 Å². The number of sulfonamides is 1. The average Bonchev–Trinajstić information content (AvgIpc) is 2.37. The molecule has 0 amide bonds. The van der Waals surface area contributed by atoms with Crippen molar-refractivity contribution in [2.45, 2.75) is 9.79 Å². The molecule has 0 aliphatic carbocycles. The molecule has 2 aromatic rings. The van der Waals surface area contributed by atoms with Crippen LogP contribution < -0.4 is 4.72 Å². The fraction of sp³-hybridized carbons (Fsp3) is 0. The van der Waals surface area contributed by atoms with Gasteiger partial charge in [0.2, 0.25) is 0 Å². The van der Waals surface area contributed by atoms with Crippen molar-refractivity contribution in [3.05, 3.63) is 48.5 Å². The largest absolute Gasteiger partial charge is 0.334 e. The third kappa shape index (κ3) is 3.52. The van der Waals surface area contributed by atoms with Crippen molar-refractivity contribution in [3.8, 4) is 0 Å². The Morgan fingerprint density at radius 3 is 2.33 bits per heavy atom. The lowest BCUT2D eigenvalue weighted by Gasteiger charge is -2.10. The van der Waals surface area contributed by atoms with E-state index in [4.69, 9.17) is 0 Å². The second kappa shape index (κ2) is 5.37. The third-order valence-corrected chi connectivity index (χ3v) is 4.60. The summed E-state index contributed by atoms with van der Waals surface area (Å²) >= 11 is 0. The minimum atomic E-state index is -5.11. The summed E-state index contributed by atoms with van der Waals surface area (Å²) in [6.45, 7) is 0. The van der Waals surface area contributed by atoms with Gasteiger partial charge >= 0.3 is 10.2 Å². The second-order valence-corrected chi connectivity index (χ2v) is 6.88. The standard InChI is InChI=1S/C11H8F2N2O4S2/c12-8-5-9(7-14-6-8)21(18,19)15-10-3-1-2-4-11(10)20(13,16)17/h1-7,15H. The fourth-order valence-electron chi connectivity index (χ4n) is 1.51. The Kier molecular flexibility index (Phi) is 3.92. The smallest absolute Gasteiger partial charge is 0.278 e. The van der Waals surface area contributed by atoms with Crippen LogP contribution in [0.4, 0.5) is 14.0 Å². The lowest BCUT2D eigenvalue weighted by atomic mass is 10.3. The highest BCUT2D eigenvalue weighted by molar-refractivity contribution is 7.93. The van der Waals surface area contributed by atoms with Gasteiger partial charge in [-0.05, 0) is 18.2 Å². The van der Waals surface area contributed by atoms with Crippen LogP contribution in [0.15, 0.2) is 52.5 Å². The van der Waals surface area contributed by atoms with Crippen LogP contribution in [0.1, 0.15) is 0 Å². The number of pyridine rings is 1. The number of rotatable bonds is 4. The summed E-state index contributed by atoms with van der Waals surface area (Å²) < 4.78 is 73.9. The van der Waals surface area contributed by atoms with Crippen molar-refractivity contribution < 1.29 is 25.1 Å². The first-order chi connectivity index (χ1) is 9.70. The van der Waals surface area contributed by atoms with E-state index in [1.54, 1.807) is 0 Å². The quantitative estimate of drug-likeness (QED) is 0.859. The molecule has 0 fully saturated rings. The Hall–Kier alpha value is -2.07. The van der Waals surface area contributed by atoms with Crippen molar-refractivity contribution in [1.82, 2.24) is 4.98 Å². The maximum absolute atomic E-state index is 13.1. The monoisotopic (exact) mass is 334 g/mol. The summed E-state index contributed by atoms with van der Waals surface area (Å²) in [5.74, 6) is -0.885. The predicted molar refractivity (Wildman–Crippen MR) is 69.7 cm³/mol. The van der Waals surface area contributed by atoms with Crippen molar-refractivity contribution >= 4 is 25.9 Å². The molecule has 1 heterocycles. The van der Waals surface area contributed by atoms with Gasteiger partial charge in [-0.2, -0.15) is 8.42 Å². The van der Waals surface area contributed by atoms with Gasteiger partial charge in [0.05, 0.1) is 11.9 Å². The molecule has 6 nitrogen and oxygen atoms in total. The van der Waals surface area contributed by atoms with Crippen molar-refractivity contribution in [1.29, 1.82) is 0 Å². The molecule has 1 aromatic heterocycles. The zero-order valence-electron chi connectivity index (χ0n) is 10.2. The number of para-hydroxylation sites is 1. The van der Waals surface area contributed by atoms with Crippen LogP contribution in [0.3, 0.4) is 0 Å². The van der Waals surface area contributed by atoms with Gasteiger partial charge in [0.15, 0.2) is 0 Å². The maximum Gasteiger partial charge on any atom is 0.334 e. The van der Waals surface area contributed by atoms with E-state index in [-0.39, 0.29) is 0 Å². The Labute approximate surface area is 119 Å². The molecule has 1 N–H and O–H groups in total. The van der Waals surface area contributed by atoms with Gasteiger partial charge < -0.3 is 0 Å². The Morgan fingerprint density at radius 2 is 1.71 bits per heavy atom. The number of benzene rings is 1. The van der Waals surface area contributed by atoms with E-state index in [2.05, 4.69) is 4.98 Å². The van der Waals surface area contributed by atoms with Crippen LogP contribution in [0.25, 0.3) is 0 Å². The van der Waals surface area contributed by atoms with Crippen LogP contribution in [-0.2, 0) is 20.2 Å². The number of hydrogen-bond acceptors (Lipinski definition) is 5. The second-order valence-electron chi connectivity index (χ2n) is 3.88. The zero-order chi connectivity index (χ0) is 15.7. The molecule has 2 rings (SSSR count). The SMILES string of the molecule is O=S(=O)(F)c1ccccc1NS(=O)(=O)c1cncc(F)c1. The Morgan fingerprint density at radius 1 is 1.05 bits per heavy atom. The summed E-state index contributed by atoms with van der Waals surface area (Å²) in [5.41, 5.74) is -0.482. The Balaban J connectivity index is 2.48. The van der Waals surface area contributed by atoms with E-state index >= 15 is 0 Å². The molecule has 0 aliphatic rings. The third-order valence-electron chi connectivity index (χ3n) is 2.38. The average molecular weight is 334 g/mol. The lowest BCUT2D eigenvalue weighted by Crippen LogP contribution is -2.15. The number of aromatic nitrogens is 1. The first kappa shape index (κ1) is 15.3. The van der Waals surface area contributed by atoms with Crippen molar-refractivity contribution in [3.63, 3.8) is 0 Å². The minimum Gasteiger partial charge on any atom is -0.278 e. The van der Waals surface area contributed by atoms with Gasteiger partial charge in [0.1, 0.15) is 15.6 Å². The normalized spacial score (nSPS) is 12.1. The minimum absolute atomic E-state index is 0.482. The number of nitrogens with one attached hydrogen (secondary N) is 1.